The minimum Gasteiger partial charge on any atom is -0.507 e. The number of phenols is 1. The number of anilines is 2. The molecule has 1 atom stereocenters. The number of imide groups is 1. The number of hydrogen-bond donors (Lipinski definition) is 2. The summed E-state index contributed by atoms with van der Waals surface area (Å²) in [5.41, 5.74) is 5.16. The Morgan fingerprint density at radius 3 is 2.23 bits per heavy atom. The first-order valence-electron chi connectivity index (χ1n) is 20.4. The molecule has 56 heavy (non-hydrogen) atoms. The van der Waals surface area contributed by atoms with Crippen LogP contribution < -0.4 is 15.1 Å². The molecule has 5 fully saturated rings. The Hall–Kier alpha value is -5.29. The van der Waals surface area contributed by atoms with Crippen molar-refractivity contribution in [2.75, 3.05) is 68.7 Å². The molecule has 11 nitrogen and oxygen atoms in total. The molecule has 5 aliphatic heterocycles. The van der Waals surface area contributed by atoms with Gasteiger partial charge in [0.1, 0.15) is 5.75 Å². The maximum Gasteiger partial charge on any atom is 0.234 e. The molecule has 290 valence electrons. The van der Waals surface area contributed by atoms with Gasteiger partial charge in [-0.3, -0.25) is 19.7 Å². The minimum atomic E-state index is -0.563. The topological polar surface area (TPSA) is 122 Å². The molecule has 5 saturated heterocycles. The molecule has 3 aromatic carbocycles. The van der Waals surface area contributed by atoms with E-state index in [2.05, 4.69) is 83.6 Å². The van der Waals surface area contributed by atoms with Gasteiger partial charge in [-0.05, 0) is 85.9 Å². The summed E-state index contributed by atoms with van der Waals surface area (Å²) in [5.74, 6) is 0.515. The van der Waals surface area contributed by atoms with E-state index in [0.717, 1.165) is 108 Å². The Morgan fingerprint density at radius 2 is 1.50 bits per heavy atom. The van der Waals surface area contributed by atoms with Gasteiger partial charge in [0.15, 0.2) is 0 Å². The van der Waals surface area contributed by atoms with Crippen molar-refractivity contribution in [2.45, 2.75) is 56.3 Å². The van der Waals surface area contributed by atoms with Gasteiger partial charge in [-0.2, -0.15) is 10.2 Å². The summed E-state index contributed by atoms with van der Waals surface area (Å²) in [6.45, 7) is 8.43. The van der Waals surface area contributed by atoms with E-state index in [4.69, 9.17) is 0 Å². The quantitative estimate of drug-likeness (QED) is 0.229. The van der Waals surface area contributed by atoms with Crippen molar-refractivity contribution in [3.8, 4) is 17.0 Å². The Balaban J connectivity index is 0.784. The van der Waals surface area contributed by atoms with Gasteiger partial charge >= 0.3 is 0 Å². The molecule has 1 aromatic heterocycles. The zero-order valence-corrected chi connectivity index (χ0v) is 32.0. The molecule has 4 aromatic rings. The lowest BCUT2D eigenvalue weighted by Gasteiger charge is -2.50. The van der Waals surface area contributed by atoms with Gasteiger partial charge in [0, 0.05) is 82.0 Å². The number of hydrogen-bond acceptors (Lipinski definition) is 9. The fraction of sp³-hybridized carbons (Fsp3) is 0.444. The predicted octanol–water partition coefficient (Wildman–Crippen LogP) is 5.36. The standard InChI is InChI=1S/C45H51N7O4/c53-40-9-5-4-8-38(40)39-26-36(27-46-48-39)51-24-19-45(20-25-51,34-6-2-1-3-7-34)43(56)52-23-18-44(31-52)29-49(30-44)28-32-16-21-50(22-17-32)35-12-10-33(11-13-35)37-14-15-41(54)47-42(37)55/h1-13,26-27,32,37,53H,14-25,28-31H2,(H,47,54,55)/t37-/m1/s1. The molecule has 0 saturated carbocycles. The number of carbonyl (C=O) groups is 3. The maximum atomic E-state index is 14.8. The molecule has 0 radical (unpaired) electrons. The van der Waals surface area contributed by atoms with Crippen LogP contribution in [0.2, 0.25) is 0 Å². The fourth-order valence-corrected chi connectivity index (χ4v) is 10.2. The van der Waals surface area contributed by atoms with Crippen LogP contribution in [0.4, 0.5) is 11.4 Å². The van der Waals surface area contributed by atoms with Crippen LogP contribution in [0.15, 0.2) is 91.1 Å². The molecule has 1 spiro atoms. The number of rotatable bonds is 8. The second-order valence-corrected chi connectivity index (χ2v) is 16.9. The number of phenolic OH excluding ortho intramolecular Hbond substituents is 1. The molecule has 2 N–H and O–H groups in total. The number of aromatic nitrogens is 2. The molecule has 0 aliphatic carbocycles. The molecule has 5 aliphatic rings. The van der Waals surface area contributed by atoms with E-state index in [1.54, 1.807) is 18.3 Å². The SMILES string of the molecule is O=C1CC[C@H](c2ccc(N3CCC(CN4CC5(CCN(C(=O)C6(c7ccccc7)CCN(c7cnnc(-c8ccccc8O)c7)CC6)C5)C4)CC3)cc2)C(=O)N1. The van der Waals surface area contributed by atoms with Crippen molar-refractivity contribution < 1.29 is 19.5 Å². The third-order valence-corrected chi connectivity index (χ3v) is 13.4. The van der Waals surface area contributed by atoms with E-state index in [1.807, 2.05) is 24.3 Å². The van der Waals surface area contributed by atoms with Crippen molar-refractivity contribution in [1.29, 1.82) is 0 Å². The Morgan fingerprint density at radius 1 is 0.786 bits per heavy atom. The number of likely N-dealkylation sites (tertiary alicyclic amines) is 2. The number of para-hydroxylation sites is 1. The molecule has 9 rings (SSSR count). The zero-order valence-electron chi connectivity index (χ0n) is 32.0. The molecule has 3 amide bonds. The normalized spacial score (nSPS) is 22.6. The smallest absolute Gasteiger partial charge is 0.234 e. The highest BCUT2D eigenvalue weighted by Crippen LogP contribution is 2.45. The number of amides is 3. The number of piperidine rings is 3. The van der Waals surface area contributed by atoms with Gasteiger partial charge in [-0.1, -0.05) is 54.6 Å². The van der Waals surface area contributed by atoms with Crippen LogP contribution in [0.5, 0.6) is 5.75 Å². The van der Waals surface area contributed by atoms with Crippen molar-refractivity contribution >= 4 is 29.1 Å². The van der Waals surface area contributed by atoms with E-state index in [1.165, 1.54) is 5.69 Å². The average molecular weight is 754 g/mol. The molecule has 0 unspecified atom stereocenters. The summed E-state index contributed by atoms with van der Waals surface area (Å²) < 4.78 is 0. The Bertz CT molecular complexity index is 2070. The molecule has 11 heteroatoms. The van der Waals surface area contributed by atoms with Crippen LogP contribution in [0, 0.1) is 11.3 Å². The van der Waals surface area contributed by atoms with Gasteiger partial charge < -0.3 is 24.7 Å². The van der Waals surface area contributed by atoms with Crippen molar-refractivity contribution in [2.24, 2.45) is 11.3 Å². The molecule has 6 heterocycles. The zero-order chi connectivity index (χ0) is 38.3. The van der Waals surface area contributed by atoms with Crippen LogP contribution in [0.3, 0.4) is 0 Å². The highest BCUT2D eigenvalue weighted by Gasteiger charge is 2.53. The van der Waals surface area contributed by atoms with E-state index in [-0.39, 0.29) is 34.8 Å². The maximum absolute atomic E-state index is 14.8. The molecular formula is C45H51N7O4. The third kappa shape index (κ3) is 7.02. The average Bonchev–Trinajstić information content (AvgIpc) is 3.67. The lowest BCUT2D eigenvalue weighted by Crippen LogP contribution is -2.60. The van der Waals surface area contributed by atoms with Gasteiger partial charge in [0.2, 0.25) is 17.7 Å². The Labute approximate surface area is 328 Å². The third-order valence-electron chi connectivity index (χ3n) is 13.4. The summed E-state index contributed by atoms with van der Waals surface area (Å²) >= 11 is 0. The van der Waals surface area contributed by atoms with E-state index >= 15 is 0 Å². The highest BCUT2D eigenvalue weighted by molar-refractivity contribution is 6.01. The van der Waals surface area contributed by atoms with Crippen LogP contribution in [-0.4, -0.2) is 102 Å². The predicted molar refractivity (Wildman–Crippen MR) is 215 cm³/mol. The number of nitrogens with one attached hydrogen (secondary N) is 1. The number of nitrogens with zero attached hydrogens (tertiary/aromatic N) is 6. The van der Waals surface area contributed by atoms with Crippen molar-refractivity contribution in [3.63, 3.8) is 0 Å². The first kappa shape index (κ1) is 36.4. The number of carbonyl (C=O) groups excluding carboxylic acids is 3. The first-order valence-corrected chi connectivity index (χ1v) is 20.4. The highest BCUT2D eigenvalue weighted by atomic mass is 16.3. The van der Waals surface area contributed by atoms with Gasteiger partial charge in [-0.25, -0.2) is 0 Å². The monoisotopic (exact) mass is 753 g/mol. The second kappa shape index (κ2) is 15.0. The lowest BCUT2D eigenvalue weighted by molar-refractivity contribution is -0.138. The summed E-state index contributed by atoms with van der Waals surface area (Å²) in [6.07, 6.45) is 7.58. The van der Waals surface area contributed by atoms with Gasteiger partial charge in [0.25, 0.3) is 0 Å². The summed E-state index contributed by atoms with van der Waals surface area (Å²) in [7, 11) is 0. The van der Waals surface area contributed by atoms with Gasteiger partial charge in [-0.15, -0.1) is 0 Å². The van der Waals surface area contributed by atoms with Crippen LogP contribution in [0.25, 0.3) is 11.3 Å². The van der Waals surface area contributed by atoms with Crippen molar-refractivity contribution in [3.05, 3.63) is 102 Å². The number of benzene rings is 3. The van der Waals surface area contributed by atoms with Crippen LogP contribution in [0.1, 0.15) is 62.0 Å². The Kier molecular flexibility index (Phi) is 9.73. The van der Waals surface area contributed by atoms with Crippen molar-refractivity contribution in [1.82, 2.24) is 25.3 Å². The molecular weight excluding hydrogens is 703 g/mol. The van der Waals surface area contributed by atoms with Gasteiger partial charge in [0.05, 0.1) is 28.9 Å². The van der Waals surface area contributed by atoms with E-state index in [0.29, 0.717) is 30.0 Å². The summed E-state index contributed by atoms with van der Waals surface area (Å²) in [6, 6.07) is 28.0. The largest absolute Gasteiger partial charge is 0.507 e. The minimum absolute atomic E-state index is 0.178. The summed E-state index contributed by atoms with van der Waals surface area (Å²) in [5, 5.41) is 21.5. The fourth-order valence-electron chi connectivity index (χ4n) is 10.2. The van der Waals surface area contributed by atoms with E-state index in [9.17, 15) is 19.5 Å². The van der Waals surface area contributed by atoms with Crippen LogP contribution in [-0.2, 0) is 19.8 Å². The molecule has 0 bridgehead atoms. The first-order chi connectivity index (χ1) is 27.3. The number of aromatic hydroxyl groups is 1. The van der Waals surface area contributed by atoms with Crippen LogP contribution >= 0.6 is 0 Å². The lowest BCUT2D eigenvalue weighted by atomic mass is 9.71. The second-order valence-electron chi connectivity index (χ2n) is 16.9. The van der Waals surface area contributed by atoms with E-state index < -0.39 is 5.41 Å². The summed E-state index contributed by atoms with van der Waals surface area (Å²) in [4.78, 5) is 48.2.